The summed E-state index contributed by atoms with van der Waals surface area (Å²) in [7, 11) is 1.51. The third-order valence-electron chi connectivity index (χ3n) is 9.45. The average Bonchev–Trinajstić information content (AvgIpc) is 3.69. The molecule has 1 aromatic rings. The van der Waals surface area contributed by atoms with Crippen molar-refractivity contribution in [3.8, 4) is 0 Å². The van der Waals surface area contributed by atoms with Gasteiger partial charge in [-0.25, -0.2) is 0 Å². The van der Waals surface area contributed by atoms with Gasteiger partial charge in [-0.15, -0.1) is 0 Å². The highest BCUT2D eigenvalue weighted by Crippen LogP contribution is 2.56. The zero-order valence-corrected chi connectivity index (χ0v) is 26.3. The van der Waals surface area contributed by atoms with Crippen LogP contribution in [0.4, 0.5) is 0 Å². The fourth-order valence-corrected chi connectivity index (χ4v) is 7.20. The highest BCUT2D eigenvalue weighted by atomic mass is 16.6. The molecular formula is C34H45N3O8. The molecule has 0 aliphatic carbocycles. The van der Waals surface area contributed by atoms with Crippen LogP contribution in [-0.4, -0.2) is 102 Å². The Labute approximate surface area is 264 Å². The van der Waals surface area contributed by atoms with E-state index in [0.29, 0.717) is 24.9 Å². The fraction of sp³-hybridized carbons (Fsp3) is 0.588. The zero-order valence-electron chi connectivity index (χ0n) is 26.3. The second kappa shape index (κ2) is 14.3. The Kier molecular flexibility index (Phi) is 10.4. The molecule has 1 spiro atoms. The molecule has 2 fully saturated rings. The molecule has 0 saturated carbocycles. The lowest BCUT2D eigenvalue weighted by atomic mass is 9.74. The van der Waals surface area contributed by atoms with Crippen molar-refractivity contribution in [3.05, 3.63) is 60.2 Å². The summed E-state index contributed by atoms with van der Waals surface area (Å²) in [6.07, 6.45) is 8.24. The number of methoxy groups -OCH3 is 1. The largest absolute Gasteiger partial charge is 0.455 e. The van der Waals surface area contributed by atoms with Gasteiger partial charge in [0.25, 0.3) is 0 Å². The van der Waals surface area contributed by atoms with Crippen molar-refractivity contribution in [2.75, 3.05) is 33.4 Å². The summed E-state index contributed by atoms with van der Waals surface area (Å²) in [5.41, 5.74) is -0.721. The molecule has 4 heterocycles. The molecule has 5 rings (SSSR count). The van der Waals surface area contributed by atoms with E-state index in [-0.39, 0.29) is 38.0 Å². The molecule has 2 N–H and O–H groups in total. The van der Waals surface area contributed by atoms with E-state index in [1.807, 2.05) is 56.3 Å². The van der Waals surface area contributed by atoms with E-state index in [0.717, 1.165) is 12.8 Å². The standard InChI is InChI=1S/C34H45N3O8/c1-4-6-18-36-19-12-8-11-15-26(39)35-24(21-43-3)29(22-13-9-7-10-14-22)44-33(42)27-25-16-17-34(45-25)28(27)31(40)37(23(5-2)20-38)30(34)32(36)41/h7-10,12-14,16-17,23-25,27-30,38H,4-6,11,15,18-21H2,1-3H3,(H,35,39)/b12-8-/t23-,24-,25+,27-,28-,29-,30+,34-/m0/s1. The van der Waals surface area contributed by atoms with Crippen molar-refractivity contribution in [1.82, 2.24) is 15.1 Å². The van der Waals surface area contributed by atoms with Crippen LogP contribution in [0.5, 0.6) is 0 Å². The Hall–Kier alpha value is -3.54. The van der Waals surface area contributed by atoms with Crippen molar-refractivity contribution < 1.29 is 38.5 Å². The summed E-state index contributed by atoms with van der Waals surface area (Å²) in [6.45, 7) is 4.39. The Balaban J connectivity index is 1.60. The lowest BCUT2D eigenvalue weighted by molar-refractivity contribution is -0.163. The van der Waals surface area contributed by atoms with Crippen LogP contribution in [0, 0.1) is 11.8 Å². The molecule has 0 unspecified atom stereocenters. The maximum Gasteiger partial charge on any atom is 0.313 e. The molecule has 0 aromatic heterocycles. The molecule has 4 aliphatic heterocycles. The van der Waals surface area contributed by atoms with Gasteiger partial charge < -0.3 is 34.4 Å². The number of carbonyl (C=O) groups excluding carboxylic acids is 4. The van der Waals surface area contributed by atoms with E-state index in [1.165, 1.54) is 12.0 Å². The smallest absolute Gasteiger partial charge is 0.313 e. The highest BCUT2D eigenvalue weighted by Gasteiger charge is 2.74. The molecule has 8 atom stereocenters. The van der Waals surface area contributed by atoms with Crippen molar-refractivity contribution in [1.29, 1.82) is 0 Å². The predicted octanol–water partition coefficient (Wildman–Crippen LogP) is 2.30. The Bertz CT molecular complexity index is 1300. The van der Waals surface area contributed by atoms with Gasteiger partial charge in [-0.2, -0.15) is 0 Å². The topological polar surface area (TPSA) is 135 Å². The zero-order chi connectivity index (χ0) is 32.1. The van der Waals surface area contributed by atoms with E-state index in [9.17, 15) is 24.3 Å². The number of hydrogen-bond donors (Lipinski definition) is 2. The van der Waals surface area contributed by atoms with E-state index in [2.05, 4.69) is 5.32 Å². The van der Waals surface area contributed by atoms with Gasteiger partial charge >= 0.3 is 5.97 Å². The van der Waals surface area contributed by atoms with Crippen LogP contribution in [0.25, 0.3) is 0 Å². The molecule has 244 valence electrons. The van der Waals surface area contributed by atoms with Gasteiger partial charge in [0.1, 0.15) is 23.7 Å². The van der Waals surface area contributed by atoms with Gasteiger partial charge in [0.2, 0.25) is 17.7 Å². The number of benzene rings is 1. The Morgan fingerprint density at radius 2 is 1.89 bits per heavy atom. The Morgan fingerprint density at radius 3 is 2.58 bits per heavy atom. The molecule has 45 heavy (non-hydrogen) atoms. The maximum atomic E-state index is 14.5. The molecule has 0 radical (unpaired) electrons. The van der Waals surface area contributed by atoms with Gasteiger partial charge in [-0.05, 0) is 24.8 Å². The predicted molar refractivity (Wildman–Crippen MR) is 164 cm³/mol. The van der Waals surface area contributed by atoms with Crippen molar-refractivity contribution in [3.63, 3.8) is 0 Å². The average molecular weight is 624 g/mol. The minimum Gasteiger partial charge on any atom is -0.455 e. The SMILES string of the molecule is CCCCN1C/C=C\CCC(=O)N[C@@H](COC)[C@H](c2ccccc2)OC(=O)[C@@H]2[C@H]3C(=O)N([C@@H](CC)CO)[C@H](C1=O)[C@]31C=C[C@H]2O1. The van der Waals surface area contributed by atoms with Gasteiger partial charge in [0.15, 0.2) is 0 Å². The molecule has 3 amide bonds. The number of fused-ring (bicyclic) bond motifs is 2. The molecule has 1 aromatic carbocycles. The first-order valence-corrected chi connectivity index (χ1v) is 16.1. The van der Waals surface area contributed by atoms with Crippen LogP contribution in [0.15, 0.2) is 54.6 Å². The number of nitrogens with one attached hydrogen (secondary N) is 1. The quantitative estimate of drug-likeness (QED) is 0.316. The summed E-state index contributed by atoms with van der Waals surface area (Å²) >= 11 is 0. The minimum absolute atomic E-state index is 0.0800. The maximum absolute atomic E-state index is 14.5. The second-order valence-corrected chi connectivity index (χ2v) is 12.2. The number of rotatable bonds is 9. The fourth-order valence-electron chi connectivity index (χ4n) is 7.20. The van der Waals surface area contributed by atoms with Crippen LogP contribution < -0.4 is 5.32 Å². The summed E-state index contributed by atoms with van der Waals surface area (Å²) in [4.78, 5) is 59.4. The number of hydrogen-bond acceptors (Lipinski definition) is 8. The first-order valence-electron chi connectivity index (χ1n) is 16.1. The number of cyclic esters (lactones) is 1. The number of allylic oxidation sites excluding steroid dienone is 1. The Morgan fingerprint density at radius 1 is 1.11 bits per heavy atom. The van der Waals surface area contributed by atoms with Gasteiger partial charge in [-0.3, -0.25) is 19.2 Å². The number of aliphatic hydroxyl groups is 1. The molecule has 4 aliphatic rings. The van der Waals surface area contributed by atoms with E-state index < -0.39 is 59.6 Å². The first-order chi connectivity index (χ1) is 21.8. The third-order valence-corrected chi connectivity index (χ3v) is 9.45. The van der Waals surface area contributed by atoms with E-state index >= 15 is 0 Å². The second-order valence-electron chi connectivity index (χ2n) is 12.2. The summed E-state index contributed by atoms with van der Waals surface area (Å²) in [5, 5.41) is 13.3. The monoisotopic (exact) mass is 623 g/mol. The number of unbranched alkanes of at least 4 members (excludes halogenated alkanes) is 1. The summed E-state index contributed by atoms with van der Waals surface area (Å²) in [6, 6.07) is 6.71. The third kappa shape index (κ3) is 6.17. The van der Waals surface area contributed by atoms with Crippen LogP contribution in [-0.2, 0) is 33.4 Å². The molecule has 11 nitrogen and oxygen atoms in total. The summed E-state index contributed by atoms with van der Waals surface area (Å²) in [5.74, 6) is -3.63. The van der Waals surface area contributed by atoms with Crippen molar-refractivity contribution >= 4 is 23.7 Å². The number of likely N-dealkylation sites (tertiary alicyclic amines) is 1. The van der Waals surface area contributed by atoms with E-state index in [4.69, 9.17) is 14.2 Å². The number of nitrogens with zero attached hydrogens (tertiary/aromatic N) is 2. The van der Waals surface area contributed by atoms with Crippen molar-refractivity contribution in [2.45, 2.75) is 81.9 Å². The molecule has 11 heteroatoms. The van der Waals surface area contributed by atoms with E-state index in [1.54, 1.807) is 17.1 Å². The normalized spacial score (nSPS) is 33.2. The van der Waals surface area contributed by atoms with Gasteiger partial charge in [-0.1, -0.05) is 74.9 Å². The lowest BCUT2D eigenvalue weighted by Gasteiger charge is -2.38. The minimum atomic E-state index is -1.38. The van der Waals surface area contributed by atoms with Crippen LogP contribution in [0.2, 0.25) is 0 Å². The number of carbonyl (C=O) groups is 4. The lowest BCUT2D eigenvalue weighted by Crippen LogP contribution is -2.58. The number of ether oxygens (including phenoxy) is 3. The van der Waals surface area contributed by atoms with Crippen LogP contribution >= 0.6 is 0 Å². The first kappa shape index (κ1) is 32.8. The number of amides is 3. The highest BCUT2D eigenvalue weighted by molar-refractivity contribution is 5.99. The number of aliphatic hydroxyl groups excluding tert-OH is 1. The van der Waals surface area contributed by atoms with Crippen molar-refractivity contribution in [2.24, 2.45) is 11.8 Å². The molecule has 2 saturated heterocycles. The number of esters is 1. The summed E-state index contributed by atoms with van der Waals surface area (Å²) < 4.78 is 18.2. The van der Waals surface area contributed by atoms with Crippen LogP contribution in [0.3, 0.4) is 0 Å². The molecule has 5 bridgehead atoms. The van der Waals surface area contributed by atoms with Crippen LogP contribution in [0.1, 0.15) is 57.6 Å². The molecular weight excluding hydrogens is 578 g/mol. The van der Waals surface area contributed by atoms with Gasteiger partial charge in [0.05, 0.1) is 37.3 Å². The van der Waals surface area contributed by atoms with Gasteiger partial charge in [0, 0.05) is 26.6 Å².